The van der Waals surface area contributed by atoms with Crippen LogP contribution in [0.4, 0.5) is 26.3 Å². The maximum atomic E-state index is 14.6. The zero-order valence-corrected chi connectivity index (χ0v) is 29.0. The molecular formula is C38H37ClF6N4O3. The fourth-order valence-electron chi connectivity index (χ4n) is 5.89. The fourth-order valence-corrected chi connectivity index (χ4v) is 6.13. The molecule has 0 fully saturated rings. The summed E-state index contributed by atoms with van der Waals surface area (Å²) in [6.07, 6.45) is -4.25. The number of ether oxygens (including phenoxy) is 2. The molecule has 0 saturated carbocycles. The van der Waals surface area contributed by atoms with Gasteiger partial charge in [-0.1, -0.05) is 66.2 Å². The van der Waals surface area contributed by atoms with Crippen LogP contribution in [0.25, 0.3) is 22.4 Å². The summed E-state index contributed by atoms with van der Waals surface area (Å²) in [7, 11) is 0. The minimum Gasteiger partial charge on any atom is -0.378 e. The minimum absolute atomic E-state index is 0.0343. The summed E-state index contributed by atoms with van der Waals surface area (Å²) in [5.41, 5.74) is 5.30. The van der Waals surface area contributed by atoms with Crippen molar-refractivity contribution < 1.29 is 40.6 Å². The minimum atomic E-state index is -5.11. The van der Waals surface area contributed by atoms with E-state index in [1.807, 2.05) is 25.1 Å². The van der Waals surface area contributed by atoms with Crippen LogP contribution in [0.2, 0.25) is 0 Å². The maximum absolute atomic E-state index is 14.6. The van der Waals surface area contributed by atoms with E-state index in [4.69, 9.17) is 31.8 Å². The third-order valence-corrected chi connectivity index (χ3v) is 8.77. The summed E-state index contributed by atoms with van der Waals surface area (Å²) < 4.78 is 97.1. The van der Waals surface area contributed by atoms with Gasteiger partial charge in [0.15, 0.2) is 0 Å². The molecule has 52 heavy (non-hydrogen) atoms. The summed E-state index contributed by atoms with van der Waals surface area (Å²) >= 11 is 6.74. The van der Waals surface area contributed by atoms with Crippen LogP contribution in [-0.4, -0.2) is 67.3 Å². The molecule has 3 N–H and O–H groups in total. The van der Waals surface area contributed by atoms with E-state index in [-0.39, 0.29) is 37.2 Å². The van der Waals surface area contributed by atoms with Crippen molar-refractivity contribution >= 4 is 28.7 Å². The van der Waals surface area contributed by atoms with Crippen LogP contribution in [0.1, 0.15) is 34.3 Å². The summed E-state index contributed by atoms with van der Waals surface area (Å²) in [4.78, 5) is 17.6. The number of nitrogens with one attached hydrogen (secondary N) is 1. The summed E-state index contributed by atoms with van der Waals surface area (Å²) in [6.45, 7) is 3.90. The molecule has 14 heteroatoms. The summed E-state index contributed by atoms with van der Waals surface area (Å²) in [6, 6.07) is 13.7. The molecule has 0 unspecified atom stereocenters. The van der Waals surface area contributed by atoms with Crippen molar-refractivity contribution in [2.24, 2.45) is 5.73 Å². The number of carbonyl (C=O) groups is 1. The molecule has 3 aromatic rings. The zero-order chi connectivity index (χ0) is 37.5. The number of alkyl halides is 6. The van der Waals surface area contributed by atoms with E-state index in [2.05, 4.69) is 5.32 Å². The molecule has 5 rings (SSSR count). The number of benzene rings is 2. The predicted octanol–water partition coefficient (Wildman–Crippen LogP) is 6.39. The van der Waals surface area contributed by atoms with Crippen LogP contribution in [0, 0.1) is 6.92 Å². The first kappa shape index (κ1) is 38.8. The molecule has 0 bridgehead atoms. The number of aryl methyl sites for hydroxylation is 1. The summed E-state index contributed by atoms with van der Waals surface area (Å²) in [5.74, 6) is -0.355. The van der Waals surface area contributed by atoms with Gasteiger partial charge < -0.3 is 25.1 Å². The van der Waals surface area contributed by atoms with Gasteiger partial charge in [0, 0.05) is 46.9 Å². The normalized spacial score (nSPS) is 17.1. The first-order valence-electron chi connectivity index (χ1n) is 16.5. The summed E-state index contributed by atoms with van der Waals surface area (Å²) in [5, 5.41) is 3.55. The van der Waals surface area contributed by atoms with E-state index >= 15 is 0 Å². The van der Waals surface area contributed by atoms with Gasteiger partial charge in [-0.25, -0.2) is 4.98 Å². The molecule has 1 heterocycles. The number of nitrogens with zero attached hydrogens (tertiary/aromatic N) is 2. The van der Waals surface area contributed by atoms with Gasteiger partial charge in [-0.2, -0.15) is 26.3 Å². The van der Waals surface area contributed by atoms with Gasteiger partial charge in [0.2, 0.25) is 0 Å². The van der Waals surface area contributed by atoms with Gasteiger partial charge in [0.1, 0.15) is 5.48 Å². The highest BCUT2D eigenvalue weighted by molar-refractivity contribution is 6.36. The van der Waals surface area contributed by atoms with E-state index in [0.717, 1.165) is 11.6 Å². The highest BCUT2D eigenvalue weighted by Gasteiger charge is 2.42. The van der Waals surface area contributed by atoms with Gasteiger partial charge in [-0.15, -0.1) is 0 Å². The van der Waals surface area contributed by atoms with Crippen LogP contribution in [0.5, 0.6) is 0 Å². The standard InChI is InChI=1S/C38H37ClF6N4O3/c1-24-6-2-3-7-28(24)33-34(30-8-4-5-9-32(30)39)49(35(48-33)29-15-14-27(37(40,41)42)22-31(29)38(43,44)45)23-25-10-12-26(13-11-25)36(50)47-17-19-52-21-20-51-18-16-46/h2-7,9-14,22H,8,15-21,23,46H2,1H3,(H,47,50). The molecule has 0 aliphatic heterocycles. The molecule has 7 nitrogen and oxygen atoms in total. The molecule has 0 spiro atoms. The van der Waals surface area contributed by atoms with Gasteiger partial charge in [0.05, 0.1) is 48.6 Å². The van der Waals surface area contributed by atoms with Crippen LogP contribution in [0.15, 0.2) is 95.1 Å². The van der Waals surface area contributed by atoms with Crippen LogP contribution in [0.3, 0.4) is 0 Å². The number of carbonyl (C=O) groups excluding carboxylic acids is 1. The van der Waals surface area contributed by atoms with Gasteiger partial charge >= 0.3 is 12.4 Å². The largest absolute Gasteiger partial charge is 0.416 e. The number of aromatic nitrogens is 2. The van der Waals surface area contributed by atoms with Crippen molar-refractivity contribution in [3.8, 4) is 11.3 Å². The Hall–Kier alpha value is -4.43. The molecular weight excluding hydrogens is 710 g/mol. The lowest BCUT2D eigenvalue weighted by atomic mass is 9.93. The van der Waals surface area contributed by atoms with Crippen molar-refractivity contribution in [1.29, 1.82) is 0 Å². The number of hydrogen-bond acceptors (Lipinski definition) is 5. The molecule has 2 aromatic carbocycles. The van der Waals surface area contributed by atoms with E-state index in [0.29, 0.717) is 71.1 Å². The van der Waals surface area contributed by atoms with Crippen molar-refractivity contribution in [3.63, 3.8) is 0 Å². The van der Waals surface area contributed by atoms with Gasteiger partial charge in [-0.05, 0) is 55.2 Å². The Bertz CT molecular complexity index is 2030. The van der Waals surface area contributed by atoms with Crippen molar-refractivity contribution in [2.45, 2.75) is 38.7 Å². The highest BCUT2D eigenvalue weighted by atomic mass is 35.5. The lowest BCUT2D eigenvalue weighted by Gasteiger charge is -2.21. The smallest absolute Gasteiger partial charge is 0.378 e. The van der Waals surface area contributed by atoms with Crippen LogP contribution < -0.4 is 21.9 Å². The third kappa shape index (κ3) is 9.32. The Balaban J connectivity index is 1.60. The molecule has 2 aliphatic rings. The third-order valence-electron chi connectivity index (χ3n) is 8.42. The van der Waals surface area contributed by atoms with E-state index in [1.165, 1.54) is 0 Å². The van der Waals surface area contributed by atoms with Crippen molar-refractivity contribution in [3.05, 3.63) is 123 Å². The Kier molecular flexibility index (Phi) is 12.6. The predicted molar refractivity (Wildman–Crippen MR) is 188 cm³/mol. The van der Waals surface area contributed by atoms with E-state index in [9.17, 15) is 31.1 Å². The first-order valence-corrected chi connectivity index (χ1v) is 16.9. The van der Waals surface area contributed by atoms with Crippen molar-refractivity contribution in [2.75, 3.05) is 39.5 Å². The van der Waals surface area contributed by atoms with Gasteiger partial charge in [0.25, 0.3) is 5.91 Å². The monoisotopic (exact) mass is 746 g/mol. The Morgan fingerprint density at radius 2 is 1.65 bits per heavy atom. The molecule has 0 radical (unpaired) electrons. The van der Waals surface area contributed by atoms with Crippen LogP contribution in [-0.2, 0) is 16.0 Å². The highest BCUT2D eigenvalue weighted by Crippen LogP contribution is 2.41. The Labute approximate surface area is 301 Å². The second kappa shape index (κ2) is 16.9. The van der Waals surface area contributed by atoms with E-state index in [1.54, 1.807) is 53.1 Å². The second-order valence-electron chi connectivity index (χ2n) is 12.0. The number of amides is 1. The Morgan fingerprint density at radius 1 is 0.942 bits per heavy atom. The quantitative estimate of drug-likeness (QED) is 0.166. The molecule has 1 amide bonds. The molecule has 0 saturated heterocycles. The molecule has 0 atom stereocenters. The second-order valence-corrected chi connectivity index (χ2v) is 12.4. The SMILES string of the molecule is Cc1ccccc1-c1nc(=C2CC=C(C(F)(F)F)C=C2C(F)(F)F)n(Cc2ccc(C(=O)NCCOCCOCCN)cc2)c1=C1CC=CC=C1Cl. The number of halogens is 7. The average molecular weight is 747 g/mol. The number of nitrogens with two attached hydrogens (primary N) is 1. The lowest BCUT2D eigenvalue weighted by molar-refractivity contribution is -0.0938. The van der Waals surface area contributed by atoms with E-state index < -0.39 is 35.5 Å². The Morgan fingerprint density at radius 3 is 2.31 bits per heavy atom. The van der Waals surface area contributed by atoms with Gasteiger partial charge in [-0.3, -0.25) is 4.79 Å². The number of rotatable bonds is 12. The van der Waals surface area contributed by atoms with Crippen LogP contribution >= 0.6 is 11.6 Å². The molecule has 1 aromatic heterocycles. The maximum Gasteiger partial charge on any atom is 0.416 e. The number of hydrogen-bond donors (Lipinski definition) is 2. The fraction of sp³-hybridized carbons (Fsp3) is 0.316. The lowest BCUT2D eigenvalue weighted by Crippen LogP contribution is -2.34. The first-order chi connectivity index (χ1) is 24.8. The number of allylic oxidation sites excluding steroid dienone is 8. The topological polar surface area (TPSA) is 91.4 Å². The zero-order valence-electron chi connectivity index (χ0n) is 28.2. The molecule has 276 valence electrons. The van der Waals surface area contributed by atoms with Crippen molar-refractivity contribution in [1.82, 2.24) is 14.9 Å². The molecule has 2 aliphatic carbocycles. The number of imidazole rings is 1. The average Bonchev–Trinajstić information content (AvgIpc) is 3.47.